The molecule has 0 aliphatic heterocycles. The van der Waals surface area contributed by atoms with Crippen molar-refractivity contribution >= 4 is 30.5 Å². The summed E-state index contributed by atoms with van der Waals surface area (Å²) in [6.45, 7) is 6.90. The summed E-state index contributed by atoms with van der Waals surface area (Å²) in [5, 5.41) is 2.34. The molecule has 116 valence electrons. The zero-order valence-electron chi connectivity index (χ0n) is 12.3. The number of hydrogen-bond donors (Lipinski definition) is 3. The van der Waals surface area contributed by atoms with Crippen molar-refractivity contribution in [1.29, 1.82) is 0 Å². The molecule has 0 unspecified atom stereocenters. The minimum atomic E-state index is -0.795. The van der Waals surface area contributed by atoms with E-state index in [1.165, 1.54) is 4.90 Å². The molecule has 7 nitrogen and oxygen atoms in total. The van der Waals surface area contributed by atoms with E-state index in [1.807, 2.05) is 0 Å². The van der Waals surface area contributed by atoms with Crippen LogP contribution in [0.4, 0.5) is 4.79 Å². The lowest BCUT2D eigenvalue weighted by atomic mass is 10.2. The molecule has 0 spiro atoms. The third-order valence-corrected chi connectivity index (χ3v) is 2.67. The van der Waals surface area contributed by atoms with Crippen molar-refractivity contribution in [2.75, 3.05) is 18.8 Å². The normalized spacial score (nSPS) is 12.4. The van der Waals surface area contributed by atoms with Crippen LogP contribution in [-0.4, -0.2) is 53.3 Å². The molecule has 0 aliphatic carbocycles. The quantitative estimate of drug-likeness (QED) is 0.608. The van der Waals surface area contributed by atoms with Crippen LogP contribution < -0.4 is 11.1 Å². The number of ether oxygens (including phenoxy) is 1. The summed E-state index contributed by atoms with van der Waals surface area (Å²) in [5.74, 6) is -0.926. The highest BCUT2D eigenvalue weighted by molar-refractivity contribution is 7.80. The molecule has 1 atom stereocenters. The van der Waals surface area contributed by atoms with Crippen LogP contribution >= 0.6 is 12.6 Å². The minimum Gasteiger partial charge on any atom is -0.444 e. The van der Waals surface area contributed by atoms with Gasteiger partial charge in [0.2, 0.25) is 11.8 Å². The molecular weight excluding hydrogens is 282 g/mol. The summed E-state index contributed by atoms with van der Waals surface area (Å²) in [6, 6.07) is -0.795. The Hall–Kier alpha value is -1.44. The second kappa shape index (κ2) is 7.98. The monoisotopic (exact) mass is 305 g/mol. The van der Waals surface area contributed by atoms with E-state index in [1.54, 1.807) is 27.7 Å². The highest BCUT2D eigenvalue weighted by Gasteiger charge is 2.26. The Kier molecular flexibility index (Phi) is 7.41. The molecule has 0 aromatic heterocycles. The van der Waals surface area contributed by atoms with Gasteiger partial charge in [-0.2, -0.15) is 12.6 Å². The summed E-state index contributed by atoms with van der Waals surface area (Å²) >= 11 is 4.00. The molecule has 0 saturated carbocycles. The van der Waals surface area contributed by atoms with E-state index >= 15 is 0 Å². The van der Waals surface area contributed by atoms with Crippen LogP contribution in [0.3, 0.4) is 0 Å². The maximum atomic E-state index is 12.0. The van der Waals surface area contributed by atoms with Gasteiger partial charge in [-0.25, -0.2) is 4.79 Å². The smallest absolute Gasteiger partial charge is 0.408 e. The van der Waals surface area contributed by atoms with Gasteiger partial charge in [0.1, 0.15) is 18.2 Å². The Morgan fingerprint density at radius 2 is 1.90 bits per heavy atom. The van der Waals surface area contributed by atoms with Gasteiger partial charge in [0.05, 0.1) is 0 Å². The highest BCUT2D eigenvalue weighted by Crippen LogP contribution is 2.06. The van der Waals surface area contributed by atoms with Crippen molar-refractivity contribution < 1.29 is 19.1 Å². The SMILES string of the molecule is CCN(C(=O)CNC(=O)OC(C)(C)C)[C@@H](CS)C(N)=O. The van der Waals surface area contributed by atoms with Crippen molar-refractivity contribution in [2.24, 2.45) is 5.73 Å². The van der Waals surface area contributed by atoms with E-state index in [0.717, 1.165) is 0 Å². The first-order valence-corrected chi connectivity index (χ1v) is 6.92. The lowest BCUT2D eigenvalue weighted by molar-refractivity contribution is -0.137. The van der Waals surface area contributed by atoms with Gasteiger partial charge >= 0.3 is 6.09 Å². The van der Waals surface area contributed by atoms with Crippen molar-refractivity contribution in [3.8, 4) is 0 Å². The molecule has 0 bridgehead atoms. The predicted molar refractivity (Wildman–Crippen MR) is 78.5 cm³/mol. The maximum absolute atomic E-state index is 12.0. The number of nitrogens with one attached hydrogen (secondary N) is 1. The van der Waals surface area contributed by atoms with E-state index in [2.05, 4.69) is 17.9 Å². The number of alkyl carbamates (subject to hydrolysis) is 1. The second-order valence-corrected chi connectivity index (χ2v) is 5.50. The number of nitrogens with zero attached hydrogens (tertiary/aromatic N) is 1. The zero-order valence-corrected chi connectivity index (χ0v) is 13.2. The third-order valence-electron chi connectivity index (χ3n) is 2.32. The Bertz CT molecular complexity index is 368. The van der Waals surface area contributed by atoms with E-state index < -0.39 is 29.6 Å². The molecule has 3 N–H and O–H groups in total. The number of thiol groups is 1. The molecule has 20 heavy (non-hydrogen) atoms. The molecule has 0 aliphatic rings. The average molecular weight is 305 g/mol. The number of hydrogen-bond acceptors (Lipinski definition) is 5. The van der Waals surface area contributed by atoms with Gasteiger partial charge in [-0.3, -0.25) is 9.59 Å². The molecule has 0 radical (unpaired) electrons. The Morgan fingerprint density at radius 3 is 2.25 bits per heavy atom. The lowest BCUT2D eigenvalue weighted by Gasteiger charge is -2.27. The summed E-state index contributed by atoms with van der Waals surface area (Å²) in [6.07, 6.45) is -0.691. The number of carbonyl (C=O) groups is 3. The highest BCUT2D eigenvalue weighted by atomic mass is 32.1. The van der Waals surface area contributed by atoms with Crippen LogP contribution in [0.25, 0.3) is 0 Å². The number of nitrogens with two attached hydrogens (primary N) is 1. The molecule has 0 rings (SSSR count). The molecule has 0 saturated heterocycles. The molecular formula is C12H23N3O4S. The van der Waals surface area contributed by atoms with Gasteiger partial charge in [-0.15, -0.1) is 0 Å². The summed E-state index contributed by atoms with van der Waals surface area (Å²) in [4.78, 5) is 35.9. The standard InChI is InChI=1S/C12H23N3O4S/c1-5-15(8(7-20)10(13)17)9(16)6-14-11(18)19-12(2,3)4/h8,20H,5-7H2,1-4H3,(H2,13,17)(H,14,18)/t8-/m0/s1. The largest absolute Gasteiger partial charge is 0.444 e. The predicted octanol–water partition coefficient (Wildman–Crippen LogP) is 0.143. The first kappa shape index (κ1) is 18.6. The molecule has 0 fully saturated rings. The van der Waals surface area contributed by atoms with E-state index in [-0.39, 0.29) is 12.3 Å². The molecule has 0 aromatic carbocycles. The van der Waals surface area contributed by atoms with Crippen LogP contribution in [0, 0.1) is 0 Å². The Labute approximate surface area is 124 Å². The molecule has 0 heterocycles. The zero-order chi connectivity index (χ0) is 15.9. The Morgan fingerprint density at radius 1 is 1.35 bits per heavy atom. The lowest BCUT2D eigenvalue weighted by Crippen LogP contribution is -2.52. The average Bonchev–Trinajstić information content (AvgIpc) is 2.30. The Balaban J connectivity index is 4.50. The number of primary amides is 1. The molecule has 3 amide bonds. The van der Waals surface area contributed by atoms with E-state index in [4.69, 9.17) is 10.5 Å². The van der Waals surface area contributed by atoms with Crippen molar-refractivity contribution in [3.05, 3.63) is 0 Å². The number of amides is 3. The van der Waals surface area contributed by atoms with Crippen LogP contribution in [0.5, 0.6) is 0 Å². The van der Waals surface area contributed by atoms with E-state index in [9.17, 15) is 14.4 Å². The van der Waals surface area contributed by atoms with Crippen LogP contribution in [0.1, 0.15) is 27.7 Å². The third kappa shape index (κ3) is 6.65. The van der Waals surface area contributed by atoms with Gasteiger partial charge in [0, 0.05) is 12.3 Å². The fourth-order valence-electron chi connectivity index (χ4n) is 1.48. The first-order chi connectivity index (χ1) is 9.12. The number of likely N-dealkylation sites (N-methyl/N-ethyl adjacent to an activating group) is 1. The van der Waals surface area contributed by atoms with Gasteiger partial charge < -0.3 is 20.7 Å². The minimum absolute atomic E-state index is 0.126. The van der Waals surface area contributed by atoms with Crippen molar-refractivity contribution in [3.63, 3.8) is 0 Å². The molecule has 8 heteroatoms. The van der Waals surface area contributed by atoms with E-state index in [0.29, 0.717) is 6.54 Å². The number of rotatable bonds is 6. The van der Waals surface area contributed by atoms with Crippen LogP contribution in [-0.2, 0) is 14.3 Å². The fraction of sp³-hybridized carbons (Fsp3) is 0.750. The maximum Gasteiger partial charge on any atom is 0.408 e. The summed E-state index contributed by atoms with van der Waals surface area (Å²) in [5.41, 5.74) is 4.57. The van der Waals surface area contributed by atoms with Crippen molar-refractivity contribution in [1.82, 2.24) is 10.2 Å². The van der Waals surface area contributed by atoms with Gasteiger partial charge in [-0.05, 0) is 27.7 Å². The van der Waals surface area contributed by atoms with Gasteiger partial charge in [0.25, 0.3) is 0 Å². The van der Waals surface area contributed by atoms with Gasteiger partial charge in [0.15, 0.2) is 0 Å². The second-order valence-electron chi connectivity index (χ2n) is 5.14. The van der Waals surface area contributed by atoms with Crippen LogP contribution in [0.15, 0.2) is 0 Å². The van der Waals surface area contributed by atoms with Crippen LogP contribution in [0.2, 0.25) is 0 Å². The summed E-state index contributed by atoms with van der Waals surface area (Å²) in [7, 11) is 0. The van der Waals surface area contributed by atoms with Gasteiger partial charge in [-0.1, -0.05) is 0 Å². The summed E-state index contributed by atoms with van der Waals surface area (Å²) < 4.78 is 5.01. The molecule has 0 aromatic rings. The number of carbonyl (C=O) groups excluding carboxylic acids is 3. The topological polar surface area (TPSA) is 102 Å². The van der Waals surface area contributed by atoms with Crippen molar-refractivity contribution in [2.45, 2.75) is 39.3 Å². The first-order valence-electron chi connectivity index (χ1n) is 6.28. The fourth-order valence-corrected chi connectivity index (χ4v) is 1.85.